The molecule has 0 aliphatic carbocycles. The molecule has 0 atom stereocenters. The first-order chi connectivity index (χ1) is 13.7. The molecule has 0 unspecified atom stereocenters. The Bertz CT molecular complexity index is 929. The van der Waals surface area contributed by atoms with E-state index in [9.17, 15) is 4.79 Å². The summed E-state index contributed by atoms with van der Waals surface area (Å²) in [6.45, 7) is 0.695. The highest BCUT2D eigenvalue weighted by Crippen LogP contribution is 2.27. The second-order valence-corrected chi connectivity index (χ2v) is 6.15. The molecule has 0 aliphatic rings. The van der Waals surface area contributed by atoms with Crippen molar-refractivity contribution in [3.8, 4) is 11.5 Å². The minimum atomic E-state index is -0.192. The number of ether oxygens (including phenoxy) is 2. The van der Waals surface area contributed by atoms with Gasteiger partial charge in [0.05, 0.1) is 25.5 Å². The smallest absolute Gasteiger partial charge is 0.257 e. The second kappa shape index (κ2) is 9.41. The summed E-state index contributed by atoms with van der Waals surface area (Å²) < 4.78 is 10.6. The molecule has 6 heteroatoms. The summed E-state index contributed by atoms with van der Waals surface area (Å²) in [4.78, 5) is 16.6. The van der Waals surface area contributed by atoms with Crippen LogP contribution in [0.25, 0.3) is 0 Å². The lowest BCUT2D eigenvalue weighted by Crippen LogP contribution is -2.13. The zero-order chi connectivity index (χ0) is 19.8. The third-order valence-corrected chi connectivity index (χ3v) is 4.22. The number of carbonyl (C=O) groups is 1. The normalized spacial score (nSPS) is 10.2. The van der Waals surface area contributed by atoms with E-state index in [0.717, 1.165) is 23.4 Å². The number of methoxy groups -OCH3 is 2. The van der Waals surface area contributed by atoms with E-state index < -0.39 is 0 Å². The summed E-state index contributed by atoms with van der Waals surface area (Å²) in [6.07, 6.45) is 4.05. The van der Waals surface area contributed by atoms with E-state index in [1.54, 1.807) is 32.7 Å². The number of carbonyl (C=O) groups excluding carboxylic acids is 1. The monoisotopic (exact) mass is 377 g/mol. The minimum Gasteiger partial charge on any atom is -0.493 e. The fourth-order valence-electron chi connectivity index (χ4n) is 2.77. The predicted molar refractivity (Wildman–Crippen MR) is 110 cm³/mol. The van der Waals surface area contributed by atoms with E-state index >= 15 is 0 Å². The van der Waals surface area contributed by atoms with E-state index in [0.29, 0.717) is 23.6 Å². The Morgan fingerprint density at radius 1 is 0.929 bits per heavy atom. The molecule has 144 valence electrons. The van der Waals surface area contributed by atoms with E-state index in [1.165, 1.54) is 0 Å². The minimum absolute atomic E-state index is 0.192. The number of pyridine rings is 1. The molecular weight excluding hydrogens is 354 g/mol. The fraction of sp³-hybridized carbons (Fsp3) is 0.182. The number of nitrogens with zero attached hydrogens (tertiary/aromatic N) is 1. The number of para-hydroxylation sites is 1. The highest BCUT2D eigenvalue weighted by atomic mass is 16.5. The van der Waals surface area contributed by atoms with E-state index in [1.807, 2.05) is 48.5 Å². The summed E-state index contributed by atoms with van der Waals surface area (Å²) in [6, 6.07) is 17.0. The third-order valence-electron chi connectivity index (χ3n) is 4.22. The molecule has 3 aromatic rings. The van der Waals surface area contributed by atoms with Crippen LogP contribution < -0.4 is 20.1 Å². The molecule has 0 saturated carbocycles. The Kier molecular flexibility index (Phi) is 6.46. The van der Waals surface area contributed by atoms with Gasteiger partial charge < -0.3 is 20.1 Å². The highest BCUT2D eigenvalue weighted by molar-refractivity contribution is 6.04. The molecule has 28 heavy (non-hydrogen) atoms. The summed E-state index contributed by atoms with van der Waals surface area (Å²) in [5, 5.41) is 6.16. The molecule has 6 nitrogen and oxygen atoms in total. The number of rotatable bonds is 8. The molecule has 1 amide bonds. The number of benzene rings is 2. The van der Waals surface area contributed by atoms with Crippen LogP contribution >= 0.6 is 0 Å². The Morgan fingerprint density at radius 3 is 2.46 bits per heavy atom. The fourth-order valence-corrected chi connectivity index (χ4v) is 2.77. The van der Waals surface area contributed by atoms with Gasteiger partial charge in [-0.05, 0) is 42.3 Å². The summed E-state index contributed by atoms with van der Waals surface area (Å²) in [5.74, 6) is 1.23. The molecule has 0 saturated heterocycles. The number of hydrogen-bond donors (Lipinski definition) is 2. The van der Waals surface area contributed by atoms with Gasteiger partial charge in [-0.1, -0.05) is 24.3 Å². The lowest BCUT2D eigenvalue weighted by atomic mass is 10.1. The topological polar surface area (TPSA) is 72.5 Å². The molecule has 2 N–H and O–H groups in total. The number of hydrogen-bond acceptors (Lipinski definition) is 5. The number of amides is 1. The van der Waals surface area contributed by atoms with Crippen LogP contribution in [-0.2, 0) is 6.42 Å². The second-order valence-electron chi connectivity index (χ2n) is 6.15. The van der Waals surface area contributed by atoms with Crippen molar-refractivity contribution >= 4 is 17.3 Å². The summed E-state index contributed by atoms with van der Waals surface area (Å²) >= 11 is 0. The van der Waals surface area contributed by atoms with Crippen LogP contribution in [0.4, 0.5) is 11.4 Å². The molecular formula is C22H23N3O3. The van der Waals surface area contributed by atoms with Crippen molar-refractivity contribution in [2.75, 3.05) is 31.4 Å². The Balaban J connectivity index is 1.58. The highest BCUT2D eigenvalue weighted by Gasteiger charge is 2.08. The van der Waals surface area contributed by atoms with Crippen LogP contribution in [0, 0.1) is 0 Å². The molecule has 1 heterocycles. The van der Waals surface area contributed by atoms with Gasteiger partial charge in [0.15, 0.2) is 11.5 Å². The van der Waals surface area contributed by atoms with E-state index in [4.69, 9.17) is 9.47 Å². The standard InChI is InChI=1S/C22H23N3O3/c1-27-20-9-8-16(12-21(20)28-2)10-11-24-19-13-17(14-23-15-19)22(26)25-18-6-4-3-5-7-18/h3-9,12-15,24H,10-11H2,1-2H3,(H,25,26). The average Bonchev–Trinajstić information content (AvgIpc) is 2.74. The molecule has 0 radical (unpaired) electrons. The first-order valence-corrected chi connectivity index (χ1v) is 8.96. The molecule has 0 aliphatic heterocycles. The van der Waals surface area contributed by atoms with Crippen molar-refractivity contribution < 1.29 is 14.3 Å². The SMILES string of the molecule is COc1ccc(CCNc2cncc(C(=O)Nc3ccccc3)c2)cc1OC. The third kappa shape index (κ3) is 5.01. The van der Waals surface area contributed by atoms with Gasteiger partial charge in [-0.15, -0.1) is 0 Å². The van der Waals surface area contributed by atoms with Gasteiger partial charge in [0.1, 0.15) is 0 Å². The van der Waals surface area contributed by atoms with Gasteiger partial charge in [0, 0.05) is 24.6 Å². The Hall–Kier alpha value is -3.54. The van der Waals surface area contributed by atoms with Gasteiger partial charge in [0.2, 0.25) is 0 Å². The number of anilines is 2. The van der Waals surface area contributed by atoms with Crippen LogP contribution in [0.1, 0.15) is 15.9 Å². The quantitative estimate of drug-likeness (QED) is 0.621. The van der Waals surface area contributed by atoms with Crippen molar-refractivity contribution in [1.82, 2.24) is 4.98 Å². The summed E-state index contributed by atoms with van der Waals surface area (Å²) in [5.41, 5.74) is 3.16. The van der Waals surface area contributed by atoms with Crippen LogP contribution in [0.2, 0.25) is 0 Å². The van der Waals surface area contributed by atoms with Crippen molar-refractivity contribution in [3.05, 3.63) is 78.1 Å². The van der Waals surface area contributed by atoms with Crippen LogP contribution in [0.15, 0.2) is 67.0 Å². The van der Waals surface area contributed by atoms with Crippen molar-refractivity contribution in [1.29, 1.82) is 0 Å². The van der Waals surface area contributed by atoms with Crippen LogP contribution in [0.3, 0.4) is 0 Å². The zero-order valence-corrected chi connectivity index (χ0v) is 15.9. The lowest BCUT2D eigenvalue weighted by Gasteiger charge is -2.11. The average molecular weight is 377 g/mol. The largest absolute Gasteiger partial charge is 0.493 e. The predicted octanol–water partition coefficient (Wildman–Crippen LogP) is 4.01. The Labute approximate surface area is 164 Å². The van der Waals surface area contributed by atoms with Gasteiger partial charge in [0.25, 0.3) is 5.91 Å². The van der Waals surface area contributed by atoms with Gasteiger partial charge in [-0.3, -0.25) is 9.78 Å². The van der Waals surface area contributed by atoms with E-state index in [-0.39, 0.29) is 5.91 Å². The van der Waals surface area contributed by atoms with Crippen molar-refractivity contribution in [2.24, 2.45) is 0 Å². The first-order valence-electron chi connectivity index (χ1n) is 8.96. The van der Waals surface area contributed by atoms with Gasteiger partial charge in [-0.25, -0.2) is 0 Å². The maximum Gasteiger partial charge on any atom is 0.257 e. The molecule has 2 aromatic carbocycles. The van der Waals surface area contributed by atoms with Crippen molar-refractivity contribution in [2.45, 2.75) is 6.42 Å². The molecule has 0 spiro atoms. The molecule has 1 aromatic heterocycles. The molecule has 0 fully saturated rings. The number of nitrogens with one attached hydrogen (secondary N) is 2. The number of aromatic nitrogens is 1. The van der Waals surface area contributed by atoms with Crippen LogP contribution in [-0.4, -0.2) is 31.7 Å². The summed E-state index contributed by atoms with van der Waals surface area (Å²) in [7, 11) is 3.24. The lowest BCUT2D eigenvalue weighted by molar-refractivity contribution is 0.102. The molecule has 0 bridgehead atoms. The van der Waals surface area contributed by atoms with Gasteiger partial charge >= 0.3 is 0 Å². The zero-order valence-electron chi connectivity index (χ0n) is 15.9. The Morgan fingerprint density at radius 2 is 1.71 bits per heavy atom. The first kappa shape index (κ1) is 19.2. The van der Waals surface area contributed by atoms with Gasteiger partial charge in [-0.2, -0.15) is 0 Å². The van der Waals surface area contributed by atoms with Crippen LogP contribution in [0.5, 0.6) is 11.5 Å². The van der Waals surface area contributed by atoms with Crippen molar-refractivity contribution in [3.63, 3.8) is 0 Å². The molecule has 3 rings (SSSR count). The maximum absolute atomic E-state index is 12.4. The van der Waals surface area contributed by atoms with E-state index in [2.05, 4.69) is 15.6 Å². The maximum atomic E-state index is 12.4.